The lowest BCUT2D eigenvalue weighted by atomic mass is 10.2. The quantitative estimate of drug-likeness (QED) is 0.593. The van der Waals surface area contributed by atoms with Crippen LogP contribution in [0.1, 0.15) is 24.2 Å². The number of hydrogen-bond acceptors (Lipinski definition) is 7. The summed E-state index contributed by atoms with van der Waals surface area (Å²) in [5.74, 6) is 0.683. The van der Waals surface area contributed by atoms with Crippen LogP contribution in [-0.4, -0.2) is 38.6 Å². The fourth-order valence-corrected chi connectivity index (χ4v) is 5.26. The largest absolute Gasteiger partial charge is 0.486 e. The molecular weight excluding hydrogens is 450 g/mol. The molecular formula is C19H18ClN3O5S2. The van der Waals surface area contributed by atoms with Crippen molar-refractivity contribution in [3.05, 3.63) is 40.9 Å². The van der Waals surface area contributed by atoms with Crippen molar-refractivity contribution in [3.8, 4) is 11.5 Å². The predicted molar refractivity (Wildman–Crippen MR) is 115 cm³/mol. The first-order chi connectivity index (χ1) is 14.2. The van der Waals surface area contributed by atoms with E-state index in [1.54, 1.807) is 19.9 Å². The molecule has 3 aromatic rings. The maximum atomic E-state index is 12.8. The molecule has 0 fully saturated rings. The molecule has 0 atom stereocenters. The summed E-state index contributed by atoms with van der Waals surface area (Å²) in [6.45, 7) is 4.37. The molecule has 8 nitrogen and oxygen atoms in total. The first kappa shape index (κ1) is 20.9. The Morgan fingerprint density at radius 3 is 2.57 bits per heavy atom. The Kier molecular flexibility index (Phi) is 5.58. The number of sulfonamides is 1. The van der Waals surface area contributed by atoms with Gasteiger partial charge in [0.1, 0.15) is 13.2 Å². The SMILES string of the molecule is CC(C)NS(=O)(=O)c1ccc(Cl)c(C(=O)Nc2nc3cc4c(cc3s2)OCCO4)c1. The molecule has 1 amide bonds. The Labute approximate surface area is 182 Å². The third kappa shape index (κ3) is 4.22. The minimum Gasteiger partial charge on any atom is -0.486 e. The smallest absolute Gasteiger partial charge is 0.259 e. The van der Waals surface area contributed by atoms with Gasteiger partial charge in [-0.25, -0.2) is 18.1 Å². The van der Waals surface area contributed by atoms with E-state index in [4.69, 9.17) is 21.1 Å². The number of anilines is 1. The van der Waals surface area contributed by atoms with E-state index in [0.29, 0.717) is 35.4 Å². The normalized spacial score (nSPS) is 13.6. The highest BCUT2D eigenvalue weighted by atomic mass is 35.5. The maximum absolute atomic E-state index is 12.8. The van der Waals surface area contributed by atoms with Gasteiger partial charge in [-0.3, -0.25) is 10.1 Å². The van der Waals surface area contributed by atoms with E-state index >= 15 is 0 Å². The Balaban J connectivity index is 1.61. The summed E-state index contributed by atoms with van der Waals surface area (Å²) >= 11 is 7.42. The first-order valence-electron chi connectivity index (χ1n) is 9.06. The molecule has 0 saturated carbocycles. The number of thiazole rings is 1. The van der Waals surface area contributed by atoms with Gasteiger partial charge in [-0.1, -0.05) is 22.9 Å². The highest BCUT2D eigenvalue weighted by molar-refractivity contribution is 7.89. The Morgan fingerprint density at radius 1 is 1.17 bits per heavy atom. The van der Waals surface area contributed by atoms with Crippen molar-refractivity contribution in [2.24, 2.45) is 0 Å². The van der Waals surface area contributed by atoms with Crippen molar-refractivity contribution >= 4 is 54.2 Å². The summed E-state index contributed by atoms with van der Waals surface area (Å²) < 4.78 is 39.2. The molecule has 11 heteroatoms. The number of ether oxygens (including phenoxy) is 2. The average molecular weight is 468 g/mol. The number of halogens is 1. The van der Waals surface area contributed by atoms with Gasteiger partial charge >= 0.3 is 0 Å². The monoisotopic (exact) mass is 467 g/mol. The molecule has 2 aromatic carbocycles. The third-order valence-electron chi connectivity index (χ3n) is 4.16. The van der Waals surface area contributed by atoms with Crippen LogP contribution in [0.15, 0.2) is 35.2 Å². The molecule has 30 heavy (non-hydrogen) atoms. The Morgan fingerprint density at radius 2 is 1.87 bits per heavy atom. The van der Waals surface area contributed by atoms with Gasteiger partial charge in [0.2, 0.25) is 10.0 Å². The Hall–Kier alpha value is -2.40. The number of carbonyl (C=O) groups is 1. The zero-order chi connectivity index (χ0) is 21.5. The molecule has 0 unspecified atom stereocenters. The van der Waals surface area contributed by atoms with Gasteiger partial charge in [0.25, 0.3) is 5.91 Å². The lowest BCUT2D eigenvalue weighted by Gasteiger charge is -2.17. The second-order valence-electron chi connectivity index (χ2n) is 6.85. The third-order valence-corrected chi connectivity index (χ3v) is 7.08. The first-order valence-corrected chi connectivity index (χ1v) is 11.7. The molecule has 2 N–H and O–H groups in total. The van der Waals surface area contributed by atoms with Gasteiger partial charge in [-0.2, -0.15) is 0 Å². The van der Waals surface area contributed by atoms with Gasteiger partial charge in [0, 0.05) is 18.2 Å². The van der Waals surface area contributed by atoms with E-state index in [9.17, 15) is 13.2 Å². The van der Waals surface area contributed by atoms with Crippen LogP contribution in [-0.2, 0) is 10.0 Å². The number of aromatic nitrogens is 1. The van der Waals surface area contributed by atoms with Crippen molar-refractivity contribution in [2.75, 3.05) is 18.5 Å². The zero-order valence-corrected chi connectivity index (χ0v) is 18.5. The molecule has 0 aliphatic carbocycles. The van der Waals surface area contributed by atoms with Crippen LogP contribution < -0.4 is 19.5 Å². The van der Waals surface area contributed by atoms with Gasteiger partial charge in [0.05, 0.1) is 25.7 Å². The van der Waals surface area contributed by atoms with E-state index in [-0.39, 0.29) is 21.5 Å². The second kappa shape index (κ2) is 8.03. The minimum atomic E-state index is -3.76. The summed E-state index contributed by atoms with van der Waals surface area (Å²) in [6, 6.07) is 7.27. The van der Waals surface area contributed by atoms with E-state index in [1.165, 1.54) is 29.5 Å². The Bertz CT molecular complexity index is 1200. The molecule has 4 rings (SSSR count). The van der Waals surface area contributed by atoms with Crippen molar-refractivity contribution in [1.82, 2.24) is 9.71 Å². The number of carbonyl (C=O) groups excluding carboxylic acids is 1. The fraction of sp³-hybridized carbons (Fsp3) is 0.263. The number of fused-ring (bicyclic) bond motifs is 2. The lowest BCUT2D eigenvalue weighted by Crippen LogP contribution is -2.30. The second-order valence-corrected chi connectivity index (χ2v) is 10.0. The summed E-state index contributed by atoms with van der Waals surface area (Å²) in [5, 5.41) is 3.17. The number of rotatable bonds is 5. The van der Waals surface area contributed by atoms with Crippen molar-refractivity contribution < 1.29 is 22.7 Å². The lowest BCUT2D eigenvalue weighted by molar-refractivity contribution is 0.102. The molecule has 0 saturated heterocycles. The highest BCUT2D eigenvalue weighted by Gasteiger charge is 2.21. The van der Waals surface area contributed by atoms with Crippen molar-refractivity contribution in [1.29, 1.82) is 0 Å². The molecule has 158 valence electrons. The topological polar surface area (TPSA) is 107 Å². The minimum absolute atomic E-state index is 0.0357. The molecule has 0 radical (unpaired) electrons. The number of nitrogens with zero attached hydrogens (tertiary/aromatic N) is 1. The van der Waals surface area contributed by atoms with Gasteiger partial charge in [0.15, 0.2) is 16.6 Å². The molecule has 1 aliphatic heterocycles. The summed E-state index contributed by atoms with van der Waals surface area (Å²) in [6.07, 6.45) is 0. The van der Waals surface area contributed by atoms with Crippen LogP contribution in [0.4, 0.5) is 5.13 Å². The van der Waals surface area contributed by atoms with Gasteiger partial charge in [-0.05, 0) is 32.0 Å². The molecule has 0 bridgehead atoms. The molecule has 2 heterocycles. The average Bonchev–Trinajstić information content (AvgIpc) is 3.06. The number of nitrogens with one attached hydrogen (secondary N) is 2. The van der Waals surface area contributed by atoms with Crippen LogP contribution in [0.3, 0.4) is 0 Å². The summed E-state index contributed by atoms with van der Waals surface area (Å²) in [4.78, 5) is 17.1. The molecule has 0 spiro atoms. The summed E-state index contributed by atoms with van der Waals surface area (Å²) in [7, 11) is -3.76. The van der Waals surface area contributed by atoms with Crippen LogP contribution in [0.5, 0.6) is 11.5 Å². The van der Waals surface area contributed by atoms with Gasteiger partial charge in [-0.15, -0.1) is 0 Å². The standard InChI is InChI=1S/C19H18ClN3O5S2/c1-10(2)23-30(25,26)11-3-4-13(20)12(7-11)18(24)22-19-21-14-8-15-16(9-17(14)29-19)28-6-5-27-15/h3-4,7-10,23H,5-6H2,1-2H3,(H,21,22,24). The van der Waals surface area contributed by atoms with E-state index in [2.05, 4.69) is 15.0 Å². The van der Waals surface area contributed by atoms with Gasteiger partial charge < -0.3 is 9.47 Å². The summed E-state index contributed by atoms with van der Waals surface area (Å²) in [5.41, 5.74) is 0.691. The predicted octanol–water partition coefficient (Wildman–Crippen LogP) is 3.66. The number of hydrogen-bond donors (Lipinski definition) is 2. The number of benzene rings is 2. The zero-order valence-electron chi connectivity index (χ0n) is 16.1. The fourth-order valence-electron chi connectivity index (χ4n) is 2.91. The van der Waals surface area contributed by atoms with Crippen LogP contribution in [0, 0.1) is 0 Å². The van der Waals surface area contributed by atoms with Crippen LogP contribution >= 0.6 is 22.9 Å². The van der Waals surface area contributed by atoms with E-state index in [0.717, 1.165) is 4.70 Å². The highest BCUT2D eigenvalue weighted by Crippen LogP contribution is 2.38. The maximum Gasteiger partial charge on any atom is 0.259 e. The van der Waals surface area contributed by atoms with Crippen molar-refractivity contribution in [2.45, 2.75) is 24.8 Å². The van der Waals surface area contributed by atoms with Crippen molar-refractivity contribution in [3.63, 3.8) is 0 Å². The molecule has 1 aromatic heterocycles. The van der Waals surface area contributed by atoms with E-state index in [1.807, 2.05) is 6.07 Å². The van der Waals surface area contributed by atoms with Crippen LogP contribution in [0.2, 0.25) is 5.02 Å². The molecule has 1 aliphatic rings. The number of amides is 1. The van der Waals surface area contributed by atoms with E-state index < -0.39 is 15.9 Å². The van der Waals surface area contributed by atoms with Crippen LogP contribution in [0.25, 0.3) is 10.2 Å².